The molecule has 36 heavy (non-hydrogen) atoms. The maximum absolute atomic E-state index is 13.3. The molecule has 0 aliphatic carbocycles. The number of anilines is 1. The Kier molecular flexibility index (Phi) is 10.5. The molecule has 8 heteroatoms. The molecule has 2 N–H and O–H groups in total. The lowest BCUT2D eigenvalue weighted by Gasteiger charge is -2.21. The van der Waals surface area contributed by atoms with E-state index in [1.54, 1.807) is 18.4 Å². The zero-order chi connectivity index (χ0) is 24.8. The Balaban J connectivity index is 0.00000361. The first-order valence-corrected chi connectivity index (χ1v) is 13.4. The smallest absolute Gasteiger partial charge is 0.255 e. The summed E-state index contributed by atoms with van der Waals surface area (Å²) in [4.78, 5) is 20.1. The number of nitrogens with one attached hydrogen (secondary N) is 2. The van der Waals surface area contributed by atoms with E-state index in [2.05, 4.69) is 57.8 Å². The number of carbonyl (C=O) groups excluding carboxylic acids is 1. The normalized spacial score (nSPS) is 11.8. The number of hydrogen-bond donors (Lipinski definition) is 2. The van der Waals surface area contributed by atoms with Gasteiger partial charge in [0.2, 0.25) is 0 Å². The Labute approximate surface area is 231 Å². The monoisotopic (exact) mass is 587 g/mol. The summed E-state index contributed by atoms with van der Waals surface area (Å²) in [6, 6.07) is 19.6. The first-order chi connectivity index (χ1) is 17.0. The number of ether oxygens (including phenoxy) is 1. The number of nitrogens with zero attached hydrogens (tertiary/aromatic N) is 1. The quantitative estimate of drug-likeness (QED) is 0.187. The predicted octanol–water partition coefficient (Wildman–Crippen LogP) is 7.67. The summed E-state index contributed by atoms with van der Waals surface area (Å²) < 4.78 is 6.56. The highest BCUT2D eigenvalue weighted by Gasteiger charge is 2.26. The first-order valence-electron chi connectivity index (χ1n) is 11.8. The zero-order valence-electron chi connectivity index (χ0n) is 20.6. The second-order valence-electron chi connectivity index (χ2n) is 8.49. The summed E-state index contributed by atoms with van der Waals surface area (Å²) in [6.45, 7) is 5.49. The van der Waals surface area contributed by atoms with Crippen LogP contribution in [0.25, 0.3) is 10.2 Å². The number of pyridine rings is 1. The maximum atomic E-state index is 13.3. The molecule has 0 saturated carbocycles. The molecule has 2 aromatic heterocycles. The number of hydrogen-bond acceptors (Lipinski definition) is 5. The third-order valence-electron chi connectivity index (χ3n) is 5.82. The molecule has 1 amide bonds. The molecule has 0 aliphatic heterocycles. The summed E-state index contributed by atoms with van der Waals surface area (Å²) in [7, 11) is 1.69. The number of aromatic nitrogens is 1. The highest BCUT2D eigenvalue weighted by Crippen LogP contribution is 2.43. The average Bonchev–Trinajstić information content (AvgIpc) is 3.21. The minimum Gasteiger partial charge on any atom is -0.380 e. The van der Waals surface area contributed by atoms with Crippen LogP contribution in [0.2, 0.25) is 0 Å². The third kappa shape index (κ3) is 6.52. The zero-order valence-corrected chi connectivity index (χ0v) is 23.9. The van der Waals surface area contributed by atoms with Crippen molar-refractivity contribution in [3.05, 3.63) is 92.4 Å². The molecule has 4 aromatic rings. The van der Waals surface area contributed by atoms with Crippen molar-refractivity contribution < 1.29 is 9.53 Å². The number of amides is 1. The van der Waals surface area contributed by atoms with Gasteiger partial charge in [-0.2, -0.15) is 0 Å². The summed E-state index contributed by atoms with van der Waals surface area (Å²) >= 11 is 5.18. The van der Waals surface area contributed by atoms with Crippen LogP contribution in [0.1, 0.15) is 57.9 Å². The van der Waals surface area contributed by atoms with Crippen LogP contribution in [0.5, 0.6) is 0 Å². The van der Waals surface area contributed by atoms with Crippen LogP contribution in [0.4, 0.5) is 5.69 Å². The van der Waals surface area contributed by atoms with Crippen LogP contribution in [0, 0.1) is 6.92 Å². The number of methoxy groups -OCH3 is 1. The number of unbranched alkanes of at least 4 members (excludes halogenated alkanes) is 1. The minimum atomic E-state index is -0.140. The van der Waals surface area contributed by atoms with Crippen molar-refractivity contribution in [1.29, 1.82) is 0 Å². The summed E-state index contributed by atoms with van der Waals surface area (Å²) in [5.74, 6) is -0.140. The van der Waals surface area contributed by atoms with Crippen molar-refractivity contribution in [1.82, 2.24) is 10.3 Å². The fourth-order valence-electron chi connectivity index (χ4n) is 4.14. The Morgan fingerprint density at radius 2 is 1.86 bits per heavy atom. The van der Waals surface area contributed by atoms with Crippen LogP contribution < -0.4 is 10.6 Å². The standard InChI is InChI=1S/C28H30BrN3O2S.ClH/c1-4-5-15-30-24(19-11-13-22(29)14-12-19)26-25(32-27(33)20-9-7-6-8-10-20)23-21(17-34-3)16-18(2)31-28(23)35-26;/h6-14,16,24,30H,4-5,15,17H2,1-3H3,(H,32,33);1H. The molecule has 2 aromatic carbocycles. The topological polar surface area (TPSA) is 63.3 Å². The van der Waals surface area contributed by atoms with Gasteiger partial charge in [0.15, 0.2) is 0 Å². The van der Waals surface area contributed by atoms with E-state index in [1.165, 1.54) is 0 Å². The second kappa shape index (κ2) is 13.3. The Bertz CT molecular complexity index is 1300. The Morgan fingerprint density at radius 1 is 1.14 bits per heavy atom. The lowest BCUT2D eigenvalue weighted by molar-refractivity contribution is 0.102. The molecule has 0 fully saturated rings. The molecule has 0 spiro atoms. The van der Waals surface area contributed by atoms with E-state index in [4.69, 9.17) is 9.72 Å². The fourth-order valence-corrected chi connectivity index (χ4v) is 5.73. The van der Waals surface area contributed by atoms with Gasteiger partial charge < -0.3 is 15.4 Å². The largest absolute Gasteiger partial charge is 0.380 e. The van der Waals surface area contributed by atoms with E-state index in [0.29, 0.717) is 12.2 Å². The van der Waals surface area contributed by atoms with Gasteiger partial charge in [0.25, 0.3) is 5.91 Å². The molecule has 4 rings (SSSR count). The van der Waals surface area contributed by atoms with Gasteiger partial charge in [-0.1, -0.05) is 59.6 Å². The average molecular weight is 589 g/mol. The lowest BCUT2D eigenvalue weighted by atomic mass is 10.0. The van der Waals surface area contributed by atoms with Crippen LogP contribution in [-0.2, 0) is 11.3 Å². The number of carbonyl (C=O) groups is 1. The van der Waals surface area contributed by atoms with Crippen LogP contribution >= 0.6 is 39.7 Å². The number of fused-ring (bicyclic) bond motifs is 1. The molecule has 0 saturated heterocycles. The molecule has 0 bridgehead atoms. The summed E-state index contributed by atoms with van der Waals surface area (Å²) in [5, 5.41) is 7.93. The molecule has 1 unspecified atom stereocenters. The molecular weight excluding hydrogens is 558 g/mol. The summed E-state index contributed by atoms with van der Waals surface area (Å²) in [5.41, 5.74) is 4.50. The Hall–Kier alpha value is -2.29. The molecule has 190 valence electrons. The molecular formula is C28H31BrClN3O2S. The summed E-state index contributed by atoms with van der Waals surface area (Å²) in [6.07, 6.45) is 2.17. The second-order valence-corrected chi connectivity index (χ2v) is 10.4. The highest BCUT2D eigenvalue weighted by molar-refractivity contribution is 9.10. The molecule has 5 nitrogen and oxygen atoms in total. The third-order valence-corrected chi connectivity index (χ3v) is 7.49. The van der Waals surface area contributed by atoms with Gasteiger partial charge in [0.1, 0.15) is 4.83 Å². The number of aryl methyl sites for hydroxylation is 1. The number of rotatable bonds is 10. The van der Waals surface area contributed by atoms with E-state index < -0.39 is 0 Å². The van der Waals surface area contributed by atoms with Crippen molar-refractivity contribution in [3.63, 3.8) is 0 Å². The van der Waals surface area contributed by atoms with Gasteiger partial charge in [-0.3, -0.25) is 4.79 Å². The van der Waals surface area contributed by atoms with Crippen molar-refractivity contribution in [2.24, 2.45) is 0 Å². The number of thiophene rings is 1. The van der Waals surface area contributed by atoms with E-state index in [1.807, 2.05) is 43.3 Å². The minimum absolute atomic E-state index is 0. The van der Waals surface area contributed by atoms with Gasteiger partial charge in [0.05, 0.1) is 23.2 Å². The number of benzene rings is 2. The van der Waals surface area contributed by atoms with Crippen LogP contribution in [-0.4, -0.2) is 24.5 Å². The molecule has 0 aliphatic rings. The van der Waals surface area contributed by atoms with Gasteiger partial charge in [-0.05, 0) is 61.3 Å². The van der Waals surface area contributed by atoms with Gasteiger partial charge in [0, 0.05) is 28.2 Å². The first kappa shape index (κ1) is 28.3. The van der Waals surface area contributed by atoms with Gasteiger partial charge in [-0.25, -0.2) is 4.98 Å². The van der Waals surface area contributed by atoms with Crippen molar-refractivity contribution >= 4 is 61.5 Å². The van der Waals surface area contributed by atoms with E-state index in [0.717, 1.165) is 61.5 Å². The Morgan fingerprint density at radius 3 is 2.53 bits per heavy atom. The van der Waals surface area contributed by atoms with E-state index in [9.17, 15) is 4.79 Å². The van der Waals surface area contributed by atoms with Crippen molar-refractivity contribution in [2.45, 2.75) is 39.3 Å². The molecule has 1 atom stereocenters. The number of halogens is 2. The lowest BCUT2D eigenvalue weighted by Crippen LogP contribution is -2.24. The fraction of sp³-hybridized carbons (Fsp3) is 0.286. The molecule has 0 radical (unpaired) electrons. The van der Waals surface area contributed by atoms with Crippen molar-refractivity contribution in [3.8, 4) is 0 Å². The van der Waals surface area contributed by atoms with Crippen LogP contribution in [0.15, 0.2) is 65.1 Å². The van der Waals surface area contributed by atoms with Crippen LogP contribution in [0.3, 0.4) is 0 Å². The maximum Gasteiger partial charge on any atom is 0.255 e. The highest BCUT2D eigenvalue weighted by atomic mass is 79.9. The van der Waals surface area contributed by atoms with E-state index in [-0.39, 0.29) is 24.4 Å². The predicted molar refractivity (Wildman–Crippen MR) is 156 cm³/mol. The van der Waals surface area contributed by atoms with Gasteiger partial charge in [-0.15, -0.1) is 23.7 Å². The van der Waals surface area contributed by atoms with Crippen molar-refractivity contribution in [2.75, 3.05) is 19.0 Å². The SMILES string of the molecule is CCCCNC(c1ccc(Br)cc1)c1sc2nc(C)cc(COC)c2c1NC(=O)c1ccccc1.Cl. The van der Waals surface area contributed by atoms with Gasteiger partial charge >= 0.3 is 0 Å². The van der Waals surface area contributed by atoms with E-state index >= 15 is 0 Å². The molecule has 2 heterocycles.